The van der Waals surface area contributed by atoms with E-state index in [0.29, 0.717) is 23.3 Å². The van der Waals surface area contributed by atoms with Crippen molar-refractivity contribution >= 4 is 11.6 Å². The lowest BCUT2D eigenvalue weighted by atomic mass is 9.78. The third-order valence-electron chi connectivity index (χ3n) is 3.78. The number of aliphatic hydroxyl groups is 1. The van der Waals surface area contributed by atoms with Gasteiger partial charge in [-0.1, -0.05) is 39.3 Å². The van der Waals surface area contributed by atoms with E-state index in [0.717, 1.165) is 24.2 Å². The second kappa shape index (κ2) is 5.95. The SMILES string of the molecule is CC(C)CC1(CC(C)C)C[C@H](O)c2cc(Cl)ccc2O1. The number of hydrogen-bond acceptors (Lipinski definition) is 2. The predicted octanol–water partition coefficient (Wildman–Crippen LogP) is 4.99. The average molecular weight is 297 g/mol. The minimum absolute atomic E-state index is 0.261. The van der Waals surface area contributed by atoms with Gasteiger partial charge in [0.15, 0.2) is 0 Å². The second-order valence-electron chi connectivity index (χ2n) is 6.88. The van der Waals surface area contributed by atoms with Crippen LogP contribution >= 0.6 is 11.6 Å². The molecule has 3 heteroatoms. The molecule has 0 saturated heterocycles. The van der Waals surface area contributed by atoms with Gasteiger partial charge in [0, 0.05) is 17.0 Å². The standard InChI is InChI=1S/C17H25ClO2/c1-11(2)8-17(9-12(3)4)10-15(19)14-7-13(18)5-6-16(14)20-17/h5-7,11-12,15,19H,8-10H2,1-4H3/t15-/m0/s1. The van der Waals surface area contributed by atoms with Crippen molar-refractivity contribution in [1.29, 1.82) is 0 Å². The Kier molecular flexibility index (Phi) is 4.66. The van der Waals surface area contributed by atoms with E-state index in [1.807, 2.05) is 18.2 Å². The summed E-state index contributed by atoms with van der Waals surface area (Å²) in [7, 11) is 0. The van der Waals surface area contributed by atoms with Gasteiger partial charge in [0.2, 0.25) is 0 Å². The number of benzene rings is 1. The summed E-state index contributed by atoms with van der Waals surface area (Å²) in [5, 5.41) is 11.2. The van der Waals surface area contributed by atoms with Crippen molar-refractivity contribution in [2.24, 2.45) is 11.8 Å². The lowest BCUT2D eigenvalue weighted by Crippen LogP contribution is -2.43. The summed E-state index contributed by atoms with van der Waals surface area (Å²) in [6.07, 6.45) is 2.08. The van der Waals surface area contributed by atoms with Crippen LogP contribution in [0.1, 0.15) is 58.6 Å². The van der Waals surface area contributed by atoms with Crippen molar-refractivity contribution in [3.8, 4) is 5.75 Å². The molecule has 1 atom stereocenters. The molecular formula is C17H25ClO2. The van der Waals surface area contributed by atoms with Gasteiger partial charge >= 0.3 is 0 Å². The molecule has 2 rings (SSSR count). The molecule has 2 nitrogen and oxygen atoms in total. The first-order chi connectivity index (χ1) is 9.31. The molecule has 0 aromatic heterocycles. The maximum Gasteiger partial charge on any atom is 0.126 e. The fourth-order valence-corrected chi connectivity index (χ4v) is 3.61. The summed E-state index contributed by atoms with van der Waals surface area (Å²) < 4.78 is 6.35. The van der Waals surface area contributed by atoms with Crippen molar-refractivity contribution in [3.63, 3.8) is 0 Å². The van der Waals surface area contributed by atoms with Crippen LogP contribution in [0.3, 0.4) is 0 Å². The molecule has 1 aromatic rings. The Balaban J connectivity index is 2.34. The molecule has 0 fully saturated rings. The van der Waals surface area contributed by atoms with E-state index in [2.05, 4.69) is 27.7 Å². The molecule has 0 aliphatic carbocycles. The van der Waals surface area contributed by atoms with Gasteiger partial charge in [-0.3, -0.25) is 0 Å². The summed E-state index contributed by atoms with van der Waals surface area (Å²) in [6.45, 7) is 8.81. The van der Waals surface area contributed by atoms with Gasteiger partial charge < -0.3 is 9.84 Å². The van der Waals surface area contributed by atoms with Gasteiger partial charge in [0.05, 0.1) is 6.10 Å². The van der Waals surface area contributed by atoms with Crippen LogP contribution < -0.4 is 4.74 Å². The van der Waals surface area contributed by atoms with Gasteiger partial charge in [-0.2, -0.15) is 0 Å². The average Bonchev–Trinajstić information content (AvgIpc) is 2.28. The van der Waals surface area contributed by atoms with E-state index >= 15 is 0 Å². The lowest BCUT2D eigenvalue weighted by Gasteiger charge is -2.43. The molecule has 112 valence electrons. The van der Waals surface area contributed by atoms with Crippen LogP contribution in [0.4, 0.5) is 0 Å². The van der Waals surface area contributed by atoms with Crippen molar-refractivity contribution < 1.29 is 9.84 Å². The zero-order valence-corrected chi connectivity index (χ0v) is 13.6. The van der Waals surface area contributed by atoms with E-state index in [1.165, 1.54) is 0 Å². The van der Waals surface area contributed by atoms with Crippen LogP contribution in [0.15, 0.2) is 18.2 Å². The molecule has 1 N–H and O–H groups in total. The summed E-state index contributed by atoms with van der Waals surface area (Å²) in [5.74, 6) is 1.86. The minimum Gasteiger partial charge on any atom is -0.487 e. The molecule has 0 spiro atoms. The van der Waals surface area contributed by atoms with Gasteiger partial charge in [-0.05, 0) is 42.9 Å². The summed E-state index contributed by atoms with van der Waals surface area (Å²) in [6, 6.07) is 5.53. The van der Waals surface area contributed by atoms with Gasteiger partial charge in [-0.25, -0.2) is 0 Å². The molecule has 20 heavy (non-hydrogen) atoms. The first-order valence-corrected chi connectivity index (χ1v) is 7.85. The number of hydrogen-bond donors (Lipinski definition) is 1. The fourth-order valence-electron chi connectivity index (χ4n) is 3.43. The third-order valence-corrected chi connectivity index (χ3v) is 4.02. The monoisotopic (exact) mass is 296 g/mol. The Morgan fingerprint density at radius 1 is 1.25 bits per heavy atom. The zero-order chi connectivity index (χ0) is 14.9. The summed E-state index contributed by atoms with van der Waals surface area (Å²) in [4.78, 5) is 0. The maximum absolute atomic E-state index is 10.5. The number of halogens is 1. The number of fused-ring (bicyclic) bond motifs is 1. The molecule has 0 saturated carbocycles. The number of aliphatic hydroxyl groups excluding tert-OH is 1. The van der Waals surface area contributed by atoms with Crippen LogP contribution in [0.25, 0.3) is 0 Å². The molecule has 0 unspecified atom stereocenters. The summed E-state index contributed by atoms with van der Waals surface area (Å²) >= 11 is 6.02. The van der Waals surface area contributed by atoms with Gasteiger partial charge in [0.25, 0.3) is 0 Å². The van der Waals surface area contributed by atoms with E-state index in [-0.39, 0.29) is 5.60 Å². The van der Waals surface area contributed by atoms with Crippen molar-refractivity contribution in [1.82, 2.24) is 0 Å². The third kappa shape index (κ3) is 3.48. The van der Waals surface area contributed by atoms with E-state index in [1.54, 1.807) is 0 Å². The topological polar surface area (TPSA) is 29.5 Å². The van der Waals surface area contributed by atoms with Crippen molar-refractivity contribution in [3.05, 3.63) is 28.8 Å². The number of rotatable bonds is 4. The van der Waals surface area contributed by atoms with E-state index in [4.69, 9.17) is 16.3 Å². The zero-order valence-electron chi connectivity index (χ0n) is 12.8. The van der Waals surface area contributed by atoms with E-state index < -0.39 is 6.10 Å². The second-order valence-corrected chi connectivity index (χ2v) is 7.32. The van der Waals surface area contributed by atoms with Crippen LogP contribution in [0.2, 0.25) is 5.02 Å². The van der Waals surface area contributed by atoms with Crippen molar-refractivity contribution in [2.75, 3.05) is 0 Å². The van der Waals surface area contributed by atoms with Gasteiger partial charge in [0.1, 0.15) is 11.4 Å². The molecule has 0 radical (unpaired) electrons. The Morgan fingerprint density at radius 3 is 2.40 bits per heavy atom. The van der Waals surface area contributed by atoms with Crippen LogP contribution in [-0.2, 0) is 0 Å². The molecule has 0 bridgehead atoms. The highest BCUT2D eigenvalue weighted by Crippen LogP contribution is 2.45. The fraction of sp³-hybridized carbons (Fsp3) is 0.647. The first-order valence-electron chi connectivity index (χ1n) is 7.48. The summed E-state index contributed by atoms with van der Waals surface area (Å²) in [5.41, 5.74) is 0.559. The molecule has 0 amide bonds. The van der Waals surface area contributed by atoms with Crippen LogP contribution in [-0.4, -0.2) is 10.7 Å². The molecule has 1 aromatic carbocycles. The van der Waals surface area contributed by atoms with Crippen LogP contribution in [0, 0.1) is 11.8 Å². The van der Waals surface area contributed by atoms with E-state index in [9.17, 15) is 5.11 Å². The predicted molar refractivity (Wildman–Crippen MR) is 83.3 cm³/mol. The Morgan fingerprint density at radius 2 is 1.85 bits per heavy atom. The highest BCUT2D eigenvalue weighted by molar-refractivity contribution is 6.30. The number of ether oxygens (including phenoxy) is 1. The van der Waals surface area contributed by atoms with Crippen molar-refractivity contribution in [2.45, 2.75) is 58.7 Å². The largest absolute Gasteiger partial charge is 0.487 e. The molecule has 1 aliphatic rings. The quantitative estimate of drug-likeness (QED) is 0.848. The first kappa shape index (κ1) is 15.7. The molecule has 1 heterocycles. The Labute approximate surface area is 127 Å². The highest BCUT2D eigenvalue weighted by Gasteiger charge is 2.41. The minimum atomic E-state index is -0.491. The highest BCUT2D eigenvalue weighted by atomic mass is 35.5. The van der Waals surface area contributed by atoms with Gasteiger partial charge in [-0.15, -0.1) is 0 Å². The Bertz CT molecular complexity index is 458. The molecule has 1 aliphatic heterocycles. The maximum atomic E-state index is 10.5. The lowest BCUT2D eigenvalue weighted by molar-refractivity contribution is -0.0406. The Hall–Kier alpha value is -0.730. The molecular weight excluding hydrogens is 272 g/mol. The smallest absolute Gasteiger partial charge is 0.126 e. The van der Waals surface area contributed by atoms with Crippen LogP contribution in [0.5, 0.6) is 5.75 Å². The normalized spacial score (nSPS) is 20.9.